The van der Waals surface area contributed by atoms with Crippen molar-refractivity contribution in [1.29, 1.82) is 5.26 Å². The molecule has 0 unspecified atom stereocenters. The fourth-order valence-electron chi connectivity index (χ4n) is 4.48. The SMILES string of the molecule is CNc1cc(-c2ccc3cc(C#N)cnn23)ncc1-c1nnc(C2CCC(C(=O)OC)CC2)s1. The first-order chi connectivity index (χ1) is 16.6. The number of hydrogen-bond donors (Lipinski definition) is 1. The van der Waals surface area contributed by atoms with E-state index in [1.165, 1.54) is 7.11 Å². The van der Waals surface area contributed by atoms with Gasteiger partial charge in [0, 0.05) is 24.8 Å². The summed E-state index contributed by atoms with van der Waals surface area (Å²) in [6, 6.07) is 9.75. The Morgan fingerprint density at radius 1 is 1.21 bits per heavy atom. The molecule has 34 heavy (non-hydrogen) atoms. The number of anilines is 1. The van der Waals surface area contributed by atoms with Gasteiger partial charge in [-0.1, -0.05) is 11.3 Å². The first-order valence-corrected chi connectivity index (χ1v) is 11.9. The largest absolute Gasteiger partial charge is 0.469 e. The van der Waals surface area contributed by atoms with Crippen LogP contribution in [0.1, 0.15) is 42.2 Å². The van der Waals surface area contributed by atoms with Crippen molar-refractivity contribution in [2.24, 2.45) is 5.92 Å². The van der Waals surface area contributed by atoms with Crippen LogP contribution in [0.15, 0.2) is 36.7 Å². The van der Waals surface area contributed by atoms with Gasteiger partial charge in [0.2, 0.25) is 0 Å². The van der Waals surface area contributed by atoms with Crippen molar-refractivity contribution in [2.45, 2.75) is 31.6 Å². The minimum atomic E-state index is -0.113. The fourth-order valence-corrected chi connectivity index (χ4v) is 5.51. The van der Waals surface area contributed by atoms with Gasteiger partial charge < -0.3 is 10.1 Å². The maximum absolute atomic E-state index is 11.8. The van der Waals surface area contributed by atoms with Crippen LogP contribution < -0.4 is 5.32 Å². The molecule has 172 valence electrons. The standard InChI is InChI=1S/C24H23N7O2S/c1-26-19-10-20(21-8-7-17-9-14(11-25)12-28-31(17)21)27-13-18(19)23-30-29-22(34-23)15-3-5-16(6-4-15)24(32)33-2/h7-10,12-13,15-16H,3-6H2,1-2H3,(H,26,27). The normalized spacial score (nSPS) is 17.9. The molecule has 1 fully saturated rings. The number of hydrogen-bond acceptors (Lipinski definition) is 9. The minimum absolute atomic E-state index is 0.00704. The van der Waals surface area contributed by atoms with Gasteiger partial charge in [0.15, 0.2) is 5.01 Å². The predicted molar refractivity (Wildman–Crippen MR) is 128 cm³/mol. The molecule has 0 aromatic carbocycles. The molecule has 10 heteroatoms. The van der Waals surface area contributed by atoms with E-state index in [9.17, 15) is 4.79 Å². The zero-order valence-corrected chi connectivity index (χ0v) is 19.7. The topological polar surface area (TPSA) is 118 Å². The van der Waals surface area contributed by atoms with Crippen molar-refractivity contribution in [2.75, 3.05) is 19.5 Å². The monoisotopic (exact) mass is 473 g/mol. The van der Waals surface area contributed by atoms with Crippen LogP contribution in [0, 0.1) is 17.2 Å². The number of rotatable bonds is 5. The number of nitrogens with one attached hydrogen (secondary N) is 1. The summed E-state index contributed by atoms with van der Waals surface area (Å²) in [7, 11) is 3.32. The van der Waals surface area contributed by atoms with Crippen LogP contribution in [-0.2, 0) is 9.53 Å². The number of pyridine rings is 1. The van der Waals surface area contributed by atoms with Gasteiger partial charge in [-0.15, -0.1) is 10.2 Å². The zero-order valence-electron chi connectivity index (χ0n) is 18.9. The Balaban J connectivity index is 1.39. The second-order valence-electron chi connectivity index (χ2n) is 8.29. The Bertz CT molecular complexity index is 1400. The lowest BCUT2D eigenvalue weighted by Gasteiger charge is -2.25. The number of nitriles is 1. The van der Waals surface area contributed by atoms with Gasteiger partial charge in [-0.2, -0.15) is 10.4 Å². The Labute approximate surface area is 200 Å². The highest BCUT2D eigenvalue weighted by atomic mass is 32.1. The fraction of sp³-hybridized carbons (Fsp3) is 0.333. The van der Waals surface area contributed by atoms with Crippen molar-refractivity contribution in [3.63, 3.8) is 0 Å². The van der Waals surface area contributed by atoms with Crippen LogP contribution in [0.4, 0.5) is 5.69 Å². The summed E-state index contributed by atoms with van der Waals surface area (Å²) in [6.45, 7) is 0. The van der Waals surface area contributed by atoms with Crippen molar-refractivity contribution in [3.05, 3.63) is 47.2 Å². The van der Waals surface area contributed by atoms with E-state index >= 15 is 0 Å². The van der Waals surface area contributed by atoms with Gasteiger partial charge >= 0.3 is 5.97 Å². The van der Waals surface area contributed by atoms with E-state index in [0.29, 0.717) is 11.5 Å². The van der Waals surface area contributed by atoms with Gasteiger partial charge in [0.05, 0.1) is 47.3 Å². The zero-order chi connectivity index (χ0) is 23.7. The molecule has 5 rings (SSSR count). The van der Waals surface area contributed by atoms with Crippen LogP contribution in [0.5, 0.6) is 0 Å². The van der Waals surface area contributed by atoms with E-state index in [1.54, 1.807) is 28.1 Å². The molecule has 0 bridgehead atoms. The molecule has 0 spiro atoms. The van der Waals surface area contributed by atoms with Gasteiger partial charge in [0.25, 0.3) is 0 Å². The second-order valence-corrected chi connectivity index (χ2v) is 9.30. The minimum Gasteiger partial charge on any atom is -0.469 e. The lowest BCUT2D eigenvalue weighted by molar-refractivity contribution is -0.146. The number of ether oxygens (including phenoxy) is 1. The Kier molecular flexibility index (Phi) is 5.94. The Hall–Kier alpha value is -3.84. The highest BCUT2D eigenvalue weighted by Gasteiger charge is 2.29. The van der Waals surface area contributed by atoms with Crippen LogP contribution >= 0.6 is 11.3 Å². The molecule has 0 aliphatic heterocycles. The molecule has 0 atom stereocenters. The number of carbonyl (C=O) groups excluding carboxylic acids is 1. The summed E-state index contributed by atoms with van der Waals surface area (Å²) in [4.78, 5) is 16.5. The number of carbonyl (C=O) groups is 1. The third-order valence-corrected chi connectivity index (χ3v) is 7.47. The lowest BCUT2D eigenvalue weighted by Crippen LogP contribution is -2.22. The summed E-state index contributed by atoms with van der Waals surface area (Å²) in [5, 5.41) is 27.5. The van der Waals surface area contributed by atoms with Crippen molar-refractivity contribution >= 4 is 28.5 Å². The quantitative estimate of drug-likeness (QED) is 0.427. The molecular formula is C24H23N7O2S. The van der Waals surface area contributed by atoms with Crippen LogP contribution in [0.25, 0.3) is 27.5 Å². The molecule has 0 saturated heterocycles. The molecule has 0 radical (unpaired) electrons. The summed E-state index contributed by atoms with van der Waals surface area (Å²) in [5.41, 5.74) is 4.73. The number of esters is 1. The molecule has 4 aromatic heterocycles. The van der Waals surface area contributed by atoms with E-state index < -0.39 is 0 Å². The molecular weight excluding hydrogens is 450 g/mol. The molecule has 1 saturated carbocycles. The summed E-state index contributed by atoms with van der Waals surface area (Å²) in [5.74, 6) is 0.193. The molecule has 9 nitrogen and oxygen atoms in total. The second kappa shape index (κ2) is 9.19. The van der Waals surface area contributed by atoms with Crippen LogP contribution in [0.2, 0.25) is 0 Å². The molecule has 0 amide bonds. The lowest BCUT2D eigenvalue weighted by atomic mass is 9.82. The van der Waals surface area contributed by atoms with E-state index in [1.807, 2.05) is 31.4 Å². The Morgan fingerprint density at radius 3 is 2.76 bits per heavy atom. The van der Waals surface area contributed by atoms with Crippen molar-refractivity contribution in [1.82, 2.24) is 24.8 Å². The molecule has 1 N–H and O–H groups in total. The van der Waals surface area contributed by atoms with E-state index in [2.05, 4.69) is 31.7 Å². The van der Waals surface area contributed by atoms with E-state index in [4.69, 9.17) is 10.00 Å². The number of methoxy groups -OCH3 is 1. The van der Waals surface area contributed by atoms with Crippen LogP contribution in [0.3, 0.4) is 0 Å². The Morgan fingerprint density at radius 2 is 2.03 bits per heavy atom. The molecule has 1 aliphatic rings. The average Bonchev–Trinajstić information content (AvgIpc) is 3.55. The van der Waals surface area contributed by atoms with Gasteiger partial charge in [-0.05, 0) is 49.9 Å². The maximum atomic E-state index is 11.8. The number of nitrogens with zero attached hydrogens (tertiary/aromatic N) is 6. The van der Waals surface area contributed by atoms with Crippen molar-refractivity contribution < 1.29 is 9.53 Å². The highest BCUT2D eigenvalue weighted by molar-refractivity contribution is 7.14. The van der Waals surface area contributed by atoms with E-state index in [-0.39, 0.29) is 11.9 Å². The third-order valence-electron chi connectivity index (χ3n) is 6.35. The molecule has 1 aliphatic carbocycles. The first-order valence-electron chi connectivity index (χ1n) is 11.1. The summed E-state index contributed by atoms with van der Waals surface area (Å²) < 4.78 is 6.67. The summed E-state index contributed by atoms with van der Waals surface area (Å²) >= 11 is 1.58. The van der Waals surface area contributed by atoms with Gasteiger partial charge in [-0.3, -0.25) is 9.78 Å². The average molecular weight is 474 g/mol. The maximum Gasteiger partial charge on any atom is 0.308 e. The predicted octanol–water partition coefficient (Wildman–Crippen LogP) is 4.27. The van der Waals surface area contributed by atoms with Gasteiger partial charge in [0.1, 0.15) is 11.1 Å². The highest BCUT2D eigenvalue weighted by Crippen LogP contribution is 2.40. The third kappa shape index (κ3) is 3.99. The van der Waals surface area contributed by atoms with Crippen LogP contribution in [-0.4, -0.2) is 44.9 Å². The number of fused-ring (bicyclic) bond motifs is 1. The summed E-state index contributed by atoms with van der Waals surface area (Å²) in [6.07, 6.45) is 6.81. The first kappa shape index (κ1) is 22.0. The number of aromatic nitrogens is 5. The van der Waals surface area contributed by atoms with E-state index in [0.717, 1.165) is 63.9 Å². The van der Waals surface area contributed by atoms with Gasteiger partial charge in [-0.25, -0.2) is 4.52 Å². The molecule has 4 heterocycles. The molecule has 4 aromatic rings. The smallest absolute Gasteiger partial charge is 0.308 e. The van der Waals surface area contributed by atoms with Crippen molar-refractivity contribution in [3.8, 4) is 28.0 Å².